The van der Waals surface area contributed by atoms with E-state index >= 15 is 0 Å². The molecule has 0 aliphatic heterocycles. The molecule has 0 saturated heterocycles. The molecule has 1 N–H and O–H groups in total. The molecule has 0 aromatic heterocycles. The van der Waals surface area contributed by atoms with Crippen molar-refractivity contribution >= 4 is 0 Å². The Labute approximate surface area is 124 Å². The molecule has 0 heterocycles. The average Bonchev–Trinajstić information content (AvgIpc) is 2.52. The Morgan fingerprint density at radius 1 is 1.00 bits per heavy atom. The first-order valence-electron chi connectivity index (χ1n) is 6.75. The van der Waals surface area contributed by atoms with Crippen molar-refractivity contribution in [3.63, 3.8) is 0 Å². The predicted molar refractivity (Wildman–Crippen MR) is 81.0 cm³/mol. The zero-order valence-corrected chi connectivity index (χ0v) is 12.5. The summed E-state index contributed by atoms with van der Waals surface area (Å²) in [6, 6.07) is 13.1. The summed E-state index contributed by atoms with van der Waals surface area (Å²) in [4.78, 5) is 0. The second kappa shape index (κ2) is 6.99. The first kappa shape index (κ1) is 15.2. The first-order chi connectivity index (χ1) is 10.1. The molecule has 2 aromatic rings. The lowest BCUT2D eigenvalue weighted by Crippen LogP contribution is -2.01. The molecule has 0 unspecified atom stereocenters. The van der Waals surface area contributed by atoms with E-state index in [1.165, 1.54) is 0 Å². The summed E-state index contributed by atoms with van der Waals surface area (Å²) in [5.74, 6) is 2.10. The van der Waals surface area contributed by atoms with Crippen molar-refractivity contribution in [3.8, 4) is 17.2 Å². The molecule has 21 heavy (non-hydrogen) atoms. The largest absolute Gasteiger partial charge is 0.497 e. The maximum Gasteiger partial charge on any atom is 0.129 e. The summed E-state index contributed by atoms with van der Waals surface area (Å²) < 4.78 is 16.2. The molecule has 2 aromatic carbocycles. The van der Waals surface area contributed by atoms with Crippen LogP contribution in [0, 0.1) is 0 Å². The van der Waals surface area contributed by atoms with Gasteiger partial charge in [0.15, 0.2) is 0 Å². The van der Waals surface area contributed by atoms with Gasteiger partial charge in [0.2, 0.25) is 0 Å². The molecule has 0 aliphatic rings. The first-order valence-corrected chi connectivity index (χ1v) is 6.75. The Balaban J connectivity index is 2.17. The lowest BCUT2D eigenvalue weighted by Gasteiger charge is -2.15. The highest BCUT2D eigenvalue weighted by molar-refractivity contribution is 5.42. The van der Waals surface area contributed by atoms with Gasteiger partial charge in [-0.3, -0.25) is 0 Å². The van der Waals surface area contributed by atoms with E-state index in [1.54, 1.807) is 33.3 Å². The summed E-state index contributed by atoms with van der Waals surface area (Å²) in [5.41, 5.74) is 1.73. The zero-order chi connectivity index (χ0) is 15.2. The highest BCUT2D eigenvalue weighted by Crippen LogP contribution is 2.30. The fourth-order valence-electron chi connectivity index (χ4n) is 2.04. The van der Waals surface area contributed by atoms with Gasteiger partial charge in [-0.1, -0.05) is 12.1 Å². The quantitative estimate of drug-likeness (QED) is 0.885. The number of hydrogen-bond acceptors (Lipinski definition) is 4. The van der Waals surface area contributed by atoms with Gasteiger partial charge in [-0.25, -0.2) is 0 Å². The minimum Gasteiger partial charge on any atom is -0.497 e. The maximum absolute atomic E-state index is 9.81. The second-order valence-corrected chi connectivity index (χ2v) is 4.72. The van der Waals surface area contributed by atoms with Crippen molar-refractivity contribution in [1.82, 2.24) is 0 Å². The summed E-state index contributed by atoms with van der Waals surface area (Å²) >= 11 is 0. The standard InChI is InChI=1S/C17H20O4/c1-12(18)16-8-7-15(20-3)10-17(16)21-11-13-5-4-6-14(9-13)19-2/h4-10,12,18H,11H2,1-3H3/t12-/m1/s1. The monoisotopic (exact) mass is 288 g/mol. The van der Waals surface area contributed by atoms with Crippen molar-refractivity contribution < 1.29 is 19.3 Å². The Kier molecular flexibility index (Phi) is 5.06. The van der Waals surface area contributed by atoms with Crippen LogP contribution >= 0.6 is 0 Å². The van der Waals surface area contributed by atoms with Gasteiger partial charge in [-0.15, -0.1) is 0 Å². The third kappa shape index (κ3) is 3.89. The Morgan fingerprint density at radius 2 is 1.71 bits per heavy atom. The Morgan fingerprint density at radius 3 is 2.38 bits per heavy atom. The summed E-state index contributed by atoms with van der Waals surface area (Å²) in [6.45, 7) is 2.10. The number of benzene rings is 2. The van der Waals surface area contributed by atoms with Crippen LogP contribution in [0.25, 0.3) is 0 Å². The number of aliphatic hydroxyl groups is 1. The smallest absolute Gasteiger partial charge is 0.129 e. The molecule has 2 rings (SSSR count). The highest BCUT2D eigenvalue weighted by atomic mass is 16.5. The molecule has 0 fully saturated rings. The van der Waals surface area contributed by atoms with Crippen LogP contribution in [0.4, 0.5) is 0 Å². The van der Waals surface area contributed by atoms with Crippen LogP contribution in [0.15, 0.2) is 42.5 Å². The van der Waals surface area contributed by atoms with E-state index in [-0.39, 0.29) is 0 Å². The van der Waals surface area contributed by atoms with Gasteiger partial charge in [0.05, 0.1) is 20.3 Å². The van der Waals surface area contributed by atoms with Gasteiger partial charge in [0.1, 0.15) is 23.9 Å². The van der Waals surface area contributed by atoms with Crippen molar-refractivity contribution in [3.05, 3.63) is 53.6 Å². The summed E-state index contributed by atoms with van der Waals surface area (Å²) in [6.07, 6.45) is -0.601. The molecule has 4 nitrogen and oxygen atoms in total. The number of hydrogen-bond donors (Lipinski definition) is 1. The third-order valence-corrected chi connectivity index (χ3v) is 3.20. The minimum absolute atomic E-state index is 0.393. The molecule has 0 bridgehead atoms. The van der Waals surface area contributed by atoms with Crippen molar-refractivity contribution in [2.24, 2.45) is 0 Å². The second-order valence-electron chi connectivity index (χ2n) is 4.72. The predicted octanol–water partition coefficient (Wildman–Crippen LogP) is 3.34. The minimum atomic E-state index is -0.601. The average molecular weight is 288 g/mol. The van der Waals surface area contributed by atoms with Crippen molar-refractivity contribution in [2.75, 3.05) is 14.2 Å². The van der Waals surface area contributed by atoms with Crippen molar-refractivity contribution in [1.29, 1.82) is 0 Å². The molecule has 0 aliphatic carbocycles. The highest BCUT2D eigenvalue weighted by Gasteiger charge is 2.11. The molecule has 112 valence electrons. The lowest BCUT2D eigenvalue weighted by atomic mass is 10.1. The van der Waals surface area contributed by atoms with E-state index in [0.29, 0.717) is 18.1 Å². The number of rotatable bonds is 6. The summed E-state index contributed by atoms with van der Waals surface area (Å²) in [7, 11) is 3.23. The van der Waals surface area contributed by atoms with Gasteiger partial charge in [0.25, 0.3) is 0 Å². The van der Waals surface area contributed by atoms with Gasteiger partial charge < -0.3 is 19.3 Å². The normalized spacial score (nSPS) is 11.8. The van der Waals surface area contributed by atoms with Crippen LogP contribution in [-0.2, 0) is 6.61 Å². The molecular formula is C17H20O4. The van der Waals surface area contributed by atoms with Gasteiger partial charge in [-0.2, -0.15) is 0 Å². The topological polar surface area (TPSA) is 47.9 Å². The lowest BCUT2D eigenvalue weighted by molar-refractivity contribution is 0.190. The molecule has 0 amide bonds. The van der Waals surface area contributed by atoms with Crippen LogP contribution in [0.1, 0.15) is 24.2 Å². The van der Waals surface area contributed by atoms with E-state index in [2.05, 4.69) is 0 Å². The van der Waals surface area contributed by atoms with E-state index in [9.17, 15) is 5.11 Å². The molecular weight excluding hydrogens is 268 g/mol. The fourth-order valence-corrected chi connectivity index (χ4v) is 2.04. The van der Waals surface area contributed by atoms with E-state index in [1.807, 2.05) is 30.3 Å². The number of methoxy groups -OCH3 is 2. The third-order valence-electron chi connectivity index (χ3n) is 3.20. The van der Waals surface area contributed by atoms with Crippen LogP contribution < -0.4 is 14.2 Å². The summed E-state index contributed by atoms with van der Waals surface area (Å²) in [5, 5.41) is 9.81. The van der Waals surface area contributed by atoms with Gasteiger partial charge in [0, 0.05) is 11.6 Å². The van der Waals surface area contributed by atoms with E-state index in [0.717, 1.165) is 16.9 Å². The number of ether oxygens (including phenoxy) is 3. The Hall–Kier alpha value is -2.20. The molecule has 4 heteroatoms. The van der Waals surface area contributed by atoms with E-state index in [4.69, 9.17) is 14.2 Å². The van der Waals surface area contributed by atoms with Gasteiger partial charge >= 0.3 is 0 Å². The Bertz CT molecular complexity index is 593. The molecule has 1 atom stereocenters. The fraction of sp³-hybridized carbons (Fsp3) is 0.294. The van der Waals surface area contributed by atoms with E-state index < -0.39 is 6.10 Å². The van der Waals surface area contributed by atoms with Crippen molar-refractivity contribution in [2.45, 2.75) is 19.6 Å². The van der Waals surface area contributed by atoms with Gasteiger partial charge in [-0.05, 0) is 36.8 Å². The number of aliphatic hydroxyl groups excluding tert-OH is 1. The zero-order valence-electron chi connectivity index (χ0n) is 12.5. The van der Waals surface area contributed by atoms with Crippen LogP contribution in [0.3, 0.4) is 0 Å². The molecule has 0 spiro atoms. The maximum atomic E-state index is 9.81. The van der Waals surface area contributed by atoms with Crippen LogP contribution in [0.2, 0.25) is 0 Å². The van der Waals surface area contributed by atoms with Crippen LogP contribution in [0.5, 0.6) is 17.2 Å². The SMILES string of the molecule is COc1cccc(COc2cc(OC)ccc2[C@@H](C)O)c1. The molecule has 0 saturated carbocycles. The molecule has 0 radical (unpaired) electrons. The van der Waals surface area contributed by atoms with Crippen LogP contribution in [-0.4, -0.2) is 19.3 Å².